The van der Waals surface area contributed by atoms with Gasteiger partial charge in [-0.25, -0.2) is 4.85 Å². The predicted octanol–water partition coefficient (Wildman–Crippen LogP) is 16.2. The largest absolute Gasteiger partial charge is 0.310 e. The molecule has 1 atom stereocenters. The van der Waals surface area contributed by atoms with E-state index < -0.39 is 0 Å². The summed E-state index contributed by atoms with van der Waals surface area (Å²) in [5.41, 5.74) is 15.6. The average Bonchev–Trinajstić information content (AvgIpc) is 3.20. The normalized spacial score (nSPS) is 12.6. The van der Waals surface area contributed by atoms with Gasteiger partial charge >= 0.3 is 0 Å². The quantitative estimate of drug-likeness (QED) is 0.0932. The van der Waals surface area contributed by atoms with Crippen LogP contribution >= 0.6 is 0 Å². The van der Waals surface area contributed by atoms with Crippen LogP contribution in [0.25, 0.3) is 37.2 Å². The molecule has 0 aliphatic rings. The minimum Gasteiger partial charge on any atom is -0.310 e. The second-order valence-corrected chi connectivity index (χ2v) is 18.4. The first kappa shape index (κ1) is 38.7. The molecule has 0 bridgehead atoms. The number of hydrogen-bond donors (Lipinski definition) is 0. The number of hydrogen-bond acceptors (Lipinski definition) is 1. The third-order valence-electron chi connectivity index (χ3n) is 12.4. The lowest BCUT2D eigenvalue weighted by molar-refractivity contribution is 0.590. The van der Waals surface area contributed by atoms with Crippen LogP contribution in [0.3, 0.4) is 0 Å². The zero-order valence-corrected chi connectivity index (χ0v) is 35.8. The summed E-state index contributed by atoms with van der Waals surface area (Å²) < 4.78 is 0. The average molecular weight is 755 g/mol. The van der Waals surface area contributed by atoms with Crippen LogP contribution in [-0.4, -0.2) is 0 Å². The van der Waals surface area contributed by atoms with Gasteiger partial charge < -0.3 is 4.90 Å². The molecular formula is C56H54N2. The van der Waals surface area contributed by atoms with Crippen molar-refractivity contribution in [1.29, 1.82) is 0 Å². The number of aryl methyl sites for hydroxylation is 4. The summed E-state index contributed by atoms with van der Waals surface area (Å²) >= 11 is 0. The molecule has 2 heteroatoms. The SMILES string of the molecule is [C-]#[N+]c1ccc2c(C(c3ccc(C(C)(C)C)cc3)c3ccc(C)c(C)c3)cc3c4ccccc4c(N(c4ccc(C(C)(C)C)cc4)c4ccc(C)c(C)c4)cc3c2c1. The Morgan fingerprint density at radius 2 is 0.983 bits per heavy atom. The van der Waals surface area contributed by atoms with Gasteiger partial charge in [0.05, 0.1) is 12.3 Å². The Hall–Kier alpha value is -6.17. The van der Waals surface area contributed by atoms with Crippen molar-refractivity contribution in [1.82, 2.24) is 0 Å². The van der Waals surface area contributed by atoms with Crippen molar-refractivity contribution in [3.05, 3.63) is 201 Å². The molecule has 58 heavy (non-hydrogen) atoms. The van der Waals surface area contributed by atoms with E-state index in [1.165, 1.54) is 66.2 Å². The van der Waals surface area contributed by atoms with Gasteiger partial charge in [-0.2, -0.15) is 0 Å². The smallest absolute Gasteiger partial charge is 0.187 e. The van der Waals surface area contributed by atoms with Gasteiger partial charge in [-0.1, -0.05) is 139 Å². The lowest BCUT2D eigenvalue weighted by Gasteiger charge is -2.30. The van der Waals surface area contributed by atoms with Crippen molar-refractivity contribution in [2.45, 2.75) is 86.0 Å². The van der Waals surface area contributed by atoms with Gasteiger partial charge in [0.15, 0.2) is 5.69 Å². The molecule has 0 fully saturated rings. The zero-order valence-electron chi connectivity index (χ0n) is 35.8. The van der Waals surface area contributed by atoms with E-state index in [-0.39, 0.29) is 16.7 Å². The Morgan fingerprint density at radius 3 is 1.59 bits per heavy atom. The molecule has 8 aromatic rings. The highest BCUT2D eigenvalue weighted by Gasteiger charge is 2.25. The van der Waals surface area contributed by atoms with Crippen molar-refractivity contribution in [2.24, 2.45) is 0 Å². The lowest BCUT2D eigenvalue weighted by atomic mass is 9.79. The van der Waals surface area contributed by atoms with Crippen LogP contribution < -0.4 is 4.90 Å². The maximum absolute atomic E-state index is 8.13. The number of benzene rings is 8. The standard InChI is InChI=1S/C56H54N2/c1-35-16-18-40(30-37(35)3)54(39-19-21-41(22-20-39)55(5,6)7)52-33-50-46-14-12-13-15-48(46)53(34-51(50)49-32-43(57-11)25-29-47(49)52)58(45-26-17-36(2)38(4)31-45)44-27-23-42(24-28-44)56(8,9)10/h12-34,54H,1-10H3. The van der Waals surface area contributed by atoms with Crippen LogP contribution in [-0.2, 0) is 10.8 Å². The number of fused-ring (bicyclic) bond motifs is 5. The van der Waals surface area contributed by atoms with Crippen LogP contribution in [0.5, 0.6) is 0 Å². The molecule has 2 nitrogen and oxygen atoms in total. The highest BCUT2D eigenvalue weighted by Crippen LogP contribution is 2.47. The van der Waals surface area contributed by atoms with Gasteiger partial charge in [-0.3, -0.25) is 0 Å². The van der Waals surface area contributed by atoms with Crippen molar-refractivity contribution >= 4 is 55.1 Å². The van der Waals surface area contributed by atoms with Crippen LogP contribution in [0, 0.1) is 34.3 Å². The van der Waals surface area contributed by atoms with Crippen molar-refractivity contribution < 1.29 is 0 Å². The molecule has 8 aromatic carbocycles. The predicted molar refractivity (Wildman–Crippen MR) is 250 cm³/mol. The van der Waals surface area contributed by atoms with E-state index in [9.17, 15) is 0 Å². The second-order valence-electron chi connectivity index (χ2n) is 18.4. The Morgan fingerprint density at radius 1 is 0.448 bits per heavy atom. The summed E-state index contributed by atoms with van der Waals surface area (Å²) in [5, 5.41) is 6.95. The van der Waals surface area contributed by atoms with E-state index in [4.69, 9.17) is 6.57 Å². The molecular weight excluding hydrogens is 701 g/mol. The first-order valence-electron chi connectivity index (χ1n) is 20.6. The van der Waals surface area contributed by atoms with Gasteiger partial charge in [0.25, 0.3) is 0 Å². The summed E-state index contributed by atoms with van der Waals surface area (Å²) in [5.74, 6) is -0.0224. The topological polar surface area (TPSA) is 7.60 Å². The third kappa shape index (κ3) is 7.05. The maximum atomic E-state index is 8.13. The molecule has 0 heterocycles. The monoisotopic (exact) mass is 754 g/mol. The molecule has 0 N–H and O–H groups in total. The minimum atomic E-state index is -0.0224. The molecule has 0 saturated heterocycles. The van der Waals surface area contributed by atoms with Crippen LogP contribution in [0.2, 0.25) is 0 Å². The number of rotatable bonds is 6. The minimum absolute atomic E-state index is 0.0224. The van der Waals surface area contributed by atoms with E-state index in [0.717, 1.165) is 33.2 Å². The van der Waals surface area contributed by atoms with Crippen molar-refractivity contribution in [3.8, 4) is 0 Å². The Balaban J connectivity index is 1.47. The fourth-order valence-corrected chi connectivity index (χ4v) is 8.56. The van der Waals surface area contributed by atoms with Crippen LogP contribution in [0.15, 0.2) is 140 Å². The molecule has 0 saturated carbocycles. The van der Waals surface area contributed by atoms with Gasteiger partial charge in [0.2, 0.25) is 0 Å². The Kier molecular flexibility index (Phi) is 9.77. The van der Waals surface area contributed by atoms with Gasteiger partial charge in [0.1, 0.15) is 0 Å². The van der Waals surface area contributed by atoms with Crippen LogP contribution in [0.4, 0.5) is 22.7 Å². The fourth-order valence-electron chi connectivity index (χ4n) is 8.56. The van der Waals surface area contributed by atoms with Gasteiger partial charge in [0, 0.05) is 22.7 Å². The molecule has 8 rings (SSSR count). The van der Waals surface area contributed by atoms with Crippen molar-refractivity contribution in [3.63, 3.8) is 0 Å². The van der Waals surface area contributed by atoms with Crippen LogP contribution in [0.1, 0.15) is 97.5 Å². The molecule has 0 spiro atoms. The second kappa shape index (κ2) is 14.6. The molecule has 0 radical (unpaired) electrons. The highest BCUT2D eigenvalue weighted by atomic mass is 15.1. The molecule has 0 aliphatic heterocycles. The Labute approximate surface area is 345 Å². The van der Waals surface area contributed by atoms with Gasteiger partial charge in [-0.15, -0.1) is 0 Å². The first-order chi connectivity index (χ1) is 27.6. The lowest BCUT2D eigenvalue weighted by Crippen LogP contribution is -2.14. The maximum Gasteiger partial charge on any atom is 0.187 e. The summed E-state index contributed by atoms with van der Waals surface area (Å²) in [6, 6.07) is 52.1. The van der Waals surface area contributed by atoms with E-state index in [2.05, 4.69) is 212 Å². The van der Waals surface area contributed by atoms with Gasteiger partial charge in [-0.05, 0) is 158 Å². The third-order valence-corrected chi connectivity index (χ3v) is 12.4. The number of nitrogens with zero attached hydrogens (tertiary/aromatic N) is 2. The molecule has 1 unspecified atom stereocenters. The summed E-state index contributed by atoms with van der Waals surface area (Å²) in [6.45, 7) is 30.5. The molecule has 0 aliphatic carbocycles. The molecule has 288 valence electrons. The summed E-state index contributed by atoms with van der Waals surface area (Å²) in [6.07, 6.45) is 0. The van der Waals surface area contributed by atoms with E-state index in [1.54, 1.807) is 0 Å². The summed E-state index contributed by atoms with van der Waals surface area (Å²) in [4.78, 5) is 6.40. The molecule has 0 amide bonds. The highest BCUT2D eigenvalue weighted by molar-refractivity contribution is 6.22. The van der Waals surface area contributed by atoms with E-state index >= 15 is 0 Å². The van der Waals surface area contributed by atoms with E-state index in [0.29, 0.717) is 5.69 Å². The zero-order chi connectivity index (χ0) is 41.1. The van der Waals surface area contributed by atoms with Crippen molar-refractivity contribution in [2.75, 3.05) is 4.90 Å². The first-order valence-corrected chi connectivity index (χ1v) is 20.6. The Bertz CT molecular complexity index is 2890. The molecule has 0 aromatic heterocycles. The fraction of sp³-hybridized carbons (Fsp3) is 0.232. The van der Waals surface area contributed by atoms with E-state index in [1.807, 2.05) is 6.07 Å². The number of anilines is 3. The summed E-state index contributed by atoms with van der Waals surface area (Å²) in [7, 11) is 0.